The Bertz CT molecular complexity index is 941. The fourth-order valence-electron chi connectivity index (χ4n) is 4.54. The molecule has 4 nitrogen and oxygen atoms in total. The lowest BCUT2D eigenvalue weighted by atomic mass is 9.87. The minimum Gasteiger partial charge on any atom is -0.393 e. The van der Waals surface area contributed by atoms with E-state index < -0.39 is 0 Å². The van der Waals surface area contributed by atoms with Gasteiger partial charge in [-0.25, -0.2) is 0 Å². The molecule has 4 rings (SSSR count). The number of thiophene rings is 1. The van der Waals surface area contributed by atoms with Gasteiger partial charge in [-0.2, -0.15) is 11.8 Å². The highest BCUT2D eigenvalue weighted by Crippen LogP contribution is 2.41. The van der Waals surface area contributed by atoms with Gasteiger partial charge < -0.3 is 10.4 Å². The minimum absolute atomic E-state index is 0.0576. The van der Waals surface area contributed by atoms with Gasteiger partial charge in [0.05, 0.1) is 11.7 Å². The number of carbonyl (C=O) groups is 2. The standard InChI is InChI=1S/C24H28ClNO3S2/c25-17-8-6-16(7-9-17)23(29)22-19-10-11-30-14-20(19)31-24(22)26-21(28)13-15-4-2-1-3-5-18(27)12-15/h6-9,15,18,27H,1-5,10-14H2,(H,26,28). The second kappa shape index (κ2) is 10.5. The molecule has 2 aromatic rings. The number of aliphatic hydroxyl groups is 1. The summed E-state index contributed by atoms with van der Waals surface area (Å²) in [7, 11) is 0. The van der Waals surface area contributed by atoms with Gasteiger partial charge in [0, 0.05) is 27.6 Å². The summed E-state index contributed by atoms with van der Waals surface area (Å²) in [6.45, 7) is 0. The number of hydrogen-bond donors (Lipinski definition) is 2. The lowest BCUT2D eigenvalue weighted by Gasteiger charge is -2.22. The highest BCUT2D eigenvalue weighted by molar-refractivity contribution is 7.98. The van der Waals surface area contributed by atoms with E-state index in [9.17, 15) is 14.7 Å². The molecule has 2 unspecified atom stereocenters. The Balaban J connectivity index is 1.54. The van der Waals surface area contributed by atoms with Crippen molar-refractivity contribution in [2.75, 3.05) is 11.1 Å². The topological polar surface area (TPSA) is 66.4 Å². The molecular weight excluding hydrogens is 450 g/mol. The molecule has 1 fully saturated rings. The third-order valence-electron chi connectivity index (χ3n) is 6.14. The van der Waals surface area contributed by atoms with Crippen molar-refractivity contribution in [1.29, 1.82) is 0 Å². The maximum absolute atomic E-state index is 13.4. The summed E-state index contributed by atoms with van der Waals surface area (Å²) in [5.41, 5.74) is 2.32. The van der Waals surface area contributed by atoms with Crippen LogP contribution < -0.4 is 5.32 Å². The Morgan fingerprint density at radius 2 is 1.90 bits per heavy atom. The van der Waals surface area contributed by atoms with E-state index >= 15 is 0 Å². The van der Waals surface area contributed by atoms with Gasteiger partial charge in [-0.3, -0.25) is 9.59 Å². The molecule has 1 saturated carbocycles. The Hall–Kier alpha value is -1.34. The van der Waals surface area contributed by atoms with Gasteiger partial charge in [0.15, 0.2) is 5.78 Å². The number of nitrogens with one attached hydrogen (secondary N) is 1. The van der Waals surface area contributed by atoms with Crippen LogP contribution in [0.25, 0.3) is 0 Å². The van der Waals surface area contributed by atoms with Crippen LogP contribution in [0.4, 0.5) is 5.00 Å². The second-order valence-corrected chi connectivity index (χ2v) is 11.1. The number of halogens is 1. The largest absolute Gasteiger partial charge is 0.393 e. The van der Waals surface area contributed by atoms with Crippen molar-refractivity contribution in [3.63, 3.8) is 0 Å². The molecule has 31 heavy (non-hydrogen) atoms. The number of benzene rings is 1. The van der Waals surface area contributed by atoms with E-state index in [0.29, 0.717) is 34.0 Å². The average Bonchev–Trinajstić information content (AvgIpc) is 3.09. The molecule has 2 N–H and O–H groups in total. The number of anilines is 1. The average molecular weight is 478 g/mol. The molecule has 0 spiro atoms. The van der Waals surface area contributed by atoms with Crippen molar-refractivity contribution in [2.24, 2.45) is 5.92 Å². The fourth-order valence-corrected chi connectivity index (χ4v) is 7.06. The first-order valence-corrected chi connectivity index (χ1v) is 13.4. The number of rotatable bonds is 5. The summed E-state index contributed by atoms with van der Waals surface area (Å²) in [4.78, 5) is 27.5. The van der Waals surface area contributed by atoms with Gasteiger partial charge >= 0.3 is 0 Å². The van der Waals surface area contributed by atoms with Crippen LogP contribution >= 0.6 is 34.7 Å². The van der Waals surface area contributed by atoms with Crippen molar-refractivity contribution >= 4 is 51.4 Å². The number of aliphatic hydroxyl groups excluding tert-OH is 1. The van der Waals surface area contributed by atoms with E-state index in [-0.39, 0.29) is 23.7 Å². The maximum atomic E-state index is 13.4. The molecule has 2 heterocycles. The molecule has 1 aliphatic carbocycles. The molecule has 1 aromatic heterocycles. The SMILES string of the molecule is O=C(CC1CCCCCC(O)C1)Nc1sc2c(c1C(=O)c1ccc(Cl)cc1)CCSC2. The second-order valence-electron chi connectivity index (χ2n) is 8.49. The molecule has 1 aromatic carbocycles. The van der Waals surface area contributed by atoms with Gasteiger partial charge in [0.25, 0.3) is 0 Å². The van der Waals surface area contributed by atoms with Gasteiger partial charge in [0.1, 0.15) is 5.00 Å². The van der Waals surface area contributed by atoms with Crippen molar-refractivity contribution in [2.45, 2.75) is 63.2 Å². The molecule has 7 heteroatoms. The zero-order valence-electron chi connectivity index (χ0n) is 17.5. The van der Waals surface area contributed by atoms with Crippen LogP contribution in [0.5, 0.6) is 0 Å². The predicted molar refractivity (Wildman–Crippen MR) is 130 cm³/mol. The van der Waals surface area contributed by atoms with Crippen molar-refractivity contribution in [3.05, 3.63) is 50.9 Å². The molecule has 166 valence electrons. The minimum atomic E-state index is -0.314. The fraction of sp³-hybridized carbons (Fsp3) is 0.500. The molecule has 1 amide bonds. The first-order valence-electron chi connectivity index (χ1n) is 11.0. The molecule has 0 saturated heterocycles. The predicted octanol–water partition coefficient (Wildman–Crippen LogP) is 6.08. The van der Waals surface area contributed by atoms with Crippen LogP contribution in [0.1, 0.15) is 71.3 Å². The normalized spacial score (nSPS) is 21.6. The van der Waals surface area contributed by atoms with Crippen LogP contribution in [0.2, 0.25) is 5.02 Å². The number of thioether (sulfide) groups is 1. The molecule has 2 atom stereocenters. The zero-order valence-corrected chi connectivity index (χ0v) is 19.9. The molecular formula is C24H28ClNO3S2. The highest BCUT2D eigenvalue weighted by Gasteiger charge is 2.28. The highest BCUT2D eigenvalue weighted by atomic mass is 35.5. The molecule has 0 radical (unpaired) electrons. The van der Waals surface area contributed by atoms with Crippen LogP contribution in [0, 0.1) is 5.92 Å². The number of carbonyl (C=O) groups excluding carboxylic acids is 2. The Labute approximate surface area is 196 Å². The lowest BCUT2D eigenvalue weighted by molar-refractivity contribution is -0.117. The summed E-state index contributed by atoms with van der Waals surface area (Å²) < 4.78 is 0. The van der Waals surface area contributed by atoms with Gasteiger partial charge in [-0.15, -0.1) is 11.3 Å². The molecule has 2 aliphatic rings. The van der Waals surface area contributed by atoms with Crippen LogP contribution in [-0.4, -0.2) is 28.7 Å². The van der Waals surface area contributed by atoms with Crippen molar-refractivity contribution < 1.29 is 14.7 Å². The first kappa shape index (κ1) is 22.8. The summed E-state index contributed by atoms with van der Waals surface area (Å²) in [5, 5.41) is 14.5. The first-order chi connectivity index (χ1) is 15.0. The lowest BCUT2D eigenvalue weighted by Crippen LogP contribution is -2.22. The Kier molecular flexibility index (Phi) is 7.75. The van der Waals surface area contributed by atoms with E-state index in [0.717, 1.165) is 55.6 Å². The quantitative estimate of drug-likeness (QED) is 0.512. The zero-order chi connectivity index (χ0) is 21.8. The monoisotopic (exact) mass is 477 g/mol. The van der Waals surface area contributed by atoms with Crippen molar-refractivity contribution in [3.8, 4) is 0 Å². The number of fused-ring (bicyclic) bond motifs is 1. The number of hydrogen-bond acceptors (Lipinski definition) is 5. The summed E-state index contributed by atoms with van der Waals surface area (Å²) in [5.74, 6) is 1.94. The van der Waals surface area contributed by atoms with Crippen LogP contribution in [-0.2, 0) is 17.0 Å². The summed E-state index contributed by atoms with van der Waals surface area (Å²) in [6, 6.07) is 6.94. The number of ketones is 1. The van der Waals surface area contributed by atoms with E-state index in [1.807, 2.05) is 11.8 Å². The Morgan fingerprint density at radius 1 is 1.13 bits per heavy atom. The van der Waals surface area contributed by atoms with Gasteiger partial charge in [-0.1, -0.05) is 30.9 Å². The van der Waals surface area contributed by atoms with E-state index in [4.69, 9.17) is 11.6 Å². The van der Waals surface area contributed by atoms with Crippen LogP contribution in [0.3, 0.4) is 0 Å². The van der Waals surface area contributed by atoms with Crippen molar-refractivity contribution in [1.82, 2.24) is 0 Å². The smallest absolute Gasteiger partial charge is 0.225 e. The Morgan fingerprint density at radius 3 is 2.71 bits per heavy atom. The van der Waals surface area contributed by atoms with Gasteiger partial charge in [0.2, 0.25) is 5.91 Å². The van der Waals surface area contributed by atoms with Crippen LogP contribution in [0.15, 0.2) is 24.3 Å². The third kappa shape index (κ3) is 5.72. The summed E-state index contributed by atoms with van der Waals surface area (Å²) >= 11 is 9.39. The van der Waals surface area contributed by atoms with E-state index in [1.165, 1.54) is 16.2 Å². The maximum Gasteiger partial charge on any atom is 0.225 e. The van der Waals surface area contributed by atoms with E-state index in [1.54, 1.807) is 24.3 Å². The van der Waals surface area contributed by atoms with Gasteiger partial charge in [-0.05, 0) is 67.2 Å². The van der Waals surface area contributed by atoms with E-state index in [2.05, 4.69) is 5.32 Å². The summed E-state index contributed by atoms with van der Waals surface area (Å²) in [6.07, 6.45) is 6.69. The number of amides is 1. The molecule has 0 bridgehead atoms. The third-order valence-corrected chi connectivity index (χ3v) is 8.70. The molecule has 1 aliphatic heterocycles.